The van der Waals surface area contributed by atoms with E-state index in [0.29, 0.717) is 23.8 Å². The molecule has 152 valence electrons. The molecule has 6 nitrogen and oxygen atoms in total. The number of aromatic nitrogens is 3. The number of carbonyl (C=O) groups is 1. The predicted molar refractivity (Wildman–Crippen MR) is 120 cm³/mol. The Morgan fingerprint density at radius 2 is 2.21 bits per heavy atom. The van der Waals surface area contributed by atoms with Crippen LogP contribution in [0, 0.1) is 14.9 Å². The average molecular weight is 504 g/mol. The predicted octanol–water partition coefficient (Wildman–Crippen LogP) is 4.93. The molecule has 1 atom stereocenters. The molecule has 0 saturated heterocycles. The van der Waals surface area contributed by atoms with Gasteiger partial charge in [0.1, 0.15) is 5.76 Å². The number of halogens is 1. The van der Waals surface area contributed by atoms with E-state index in [0.717, 1.165) is 36.1 Å². The van der Waals surface area contributed by atoms with Gasteiger partial charge in [-0.1, -0.05) is 38.1 Å². The maximum Gasteiger partial charge on any atom is 0.278 e. The molecule has 1 amide bonds. The number of nitrogens with zero attached hydrogens (tertiary/aromatic N) is 3. The van der Waals surface area contributed by atoms with Gasteiger partial charge in [0.2, 0.25) is 0 Å². The van der Waals surface area contributed by atoms with Crippen LogP contribution in [-0.2, 0) is 19.4 Å². The van der Waals surface area contributed by atoms with E-state index < -0.39 is 0 Å². The molecule has 0 saturated carbocycles. The maximum atomic E-state index is 12.8. The molecule has 3 aromatic rings. The summed E-state index contributed by atoms with van der Waals surface area (Å²) in [5.41, 5.74) is 3.37. The molecule has 2 heterocycles. The Morgan fingerprint density at radius 3 is 2.97 bits per heavy atom. The normalized spacial score (nSPS) is 16.5. The molecule has 7 heteroatoms. The first-order chi connectivity index (χ1) is 13.8. The van der Waals surface area contributed by atoms with Gasteiger partial charge in [0.15, 0.2) is 5.69 Å². The Kier molecular flexibility index (Phi) is 5.50. The fourth-order valence-electron chi connectivity index (χ4n) is 3.85. The van der Waals surface area contributed by atoms with Gasteiger partial charge in [-0.05, 0) is 64.5 Å². The highest BCUT2D eigenvalue weighted by atomic mass is 127. The van der Waals surface area contributed by atoms with Crippen LogP contribution in [0.5, 0.6) is 0 Å². The summed E-state index contributed by atoms with van der Waals surface area (Å²) in [6, 6.07) is 8.27. The van der Waals surface area contributed by atoms with Crippen LogP contribution in [0.3, 0.4) is 0 Å². The van der Waals surface area contributed by atoms with Gasteiger partial charge in [-0.15, -0.1) is 0 Å². The zero-order valence-corrected chi connectivity index (χ0v) is 19.1. The largest absolute Gasteiger partial charge is 0.360 e. The molecular weight excluding hydrogens is 479 g/mol. The third kappa shape index (κ3) is 4.55. The fraction of sp³-hybridized carbons (Fsp3) is 0.409. The van der Waals surface area contributed by atoms with Crippen molar-refractivity contribution in [1.82, 2.24) is 14.9 Å². The molecule has 0 fully saturated rings. The van der Waals surface area contributed by atoms with E-state index in [1.54, 1.807) is 6.20 Å². The molecule has 1 aliphatic rings. The summed E-state index contributed by atoms with van der Waals surface area (Å²) in [5.74, 6) is 1.13. The minimum Gasteiger partial charge on any atom is -0.360 e. The van der Waals surface area contributed by atoms with Gasteiger partial charge in [0.05, 0.1) is 18.4 Å². The Morgan fingerprint density at radius 1 is 1.38 bits per heavy atom. The average Bonchev–Trinajstić information content (AvgIpc) is 3.27. The quantitative estimate of drug-likeness (QED) is 0.512. The fourth-order valence-corrected chi connectivity index (χ4v) is 4.46. The van der Waals surface area contributed by atoms with E-state index in [2.05, 4.69) is 77.1 Å². The first kappa shape index (κ1) is 20.1. The summed E-state index contributed by atoms with van der Waals surface area (Å²) < 4.78 is 8.47. The van der Waals surface area contributed by atoms with Gasteiger partial charge in [-0.25, -0.2) is 0 Å². The van der Waals surface area contributed by atoms with Crippen LogP contribution in [0.4, 0.5) is 5.69 Å². The number of anilines is 1. The Balaban J connectivity index is 1.46. The van der Waals surface area contributed by atoms with E-state index in [9.17, 15) is 4.79 Å². The van der Waals surface area contributed by atoms with Crippen LogP contribution in [0.2, 0.25) is 0 Å². The SMILES string of the molecule is CC(C)(C)C1CCc2onc(C(=O)Nc3cnn(Cc4cccc(I)c4)c3)c2C1. The molecular formula is C22H25IN4O2. The van der Waals surface area contributed by atoms with E-state index in [-0.39, 0.29) is 11.3 Å². The number of carbonyl (C=O) groups excluding carboxylic acids is 1. The molecule has 2 aromatic heterocycles. The lowest BCUT2D eigenvalue weighted by atomic mass is 9.71. The molecule has 1 aliphatic carbocycles. The van der Waals surface area contributed by atoms with Gasteiger partial charge in [-0.2, -0.15) is 5.10 Å². The van der Waals surface area contributed by atoms with Crippen molar-refractivity contribution in [2.45, 2.75) is 46.6 Å². The third-order valence-electron chi connectivity index (χ3n) is 5.60. The Bertz CT molecular complexity index is 1030. The molecule has 0 aliphatic heterocycles. The minimum absolute atomic E-state index is 0.194. The van der Waals surface area contributed by atoms with Crippen LogP contribution in [0.25, 0.3) is 0 Å². The highest BCUT2D eigenvalue weighted by Crippen LogP contribution is 2.38. The summed E-state index contributed by atoms with van der Waals surface area (Å²) in [6.45, 7) is 7.40. The minimum atomic E-state index is -0.238. The van der Waals surface area contributed by atoms with E-state index in [1.807, 2.05) is 16.9 Å². The van der Waals surface area contributed by atoms with Crippen molar-refractivity contribution < 1.29 is 9.32 Å². The van der Waals surface area contributed by atoms with Gasteiger partial charge >= 0.3 is 0 Å². The lowest BCUT2D eigenvalue weighted by Crippen LogP contribution is -2.27. The van der Waals surface area contributed by atoms with Crippen molar-refractivity contribution in [2.24, 2.45) is 11.3 Å². The highest BCUT2D eigenvalue weighted by Gasteiger charge is 2.34. The highest BCUT2D eigenvalue weighted by molar-refractivity contribution is 14.1. The van der Waals surface area contributed by atoms with Crippen LogP contribution in [-0.4, -0.2) is 20.8 Å². The maximum absolute atomic E-state index is 12.8. The topological polar surface area (TPSA) is 73.0 Å². The second-order valence-corrected chi connectivity index (χ2v) is 9.99. The Labute approximate surface area is 184 Å². The molecule has 4 rings (SSSR count). The van der Waals surface area contributed by atoms with Crippen molar-refractivity contribution in [1.29, 1.82) is 0 Å². The third-order valence-corrected chi connectivity index (χ3v) is 6.28. The molecule has 0 bridgehead atoms. The second kappa shape index (κ2) is 7.93. The molecule has 0 spiro atoms. The zero-order chi connectivity index (χ0) is 20.6. The van der Waals surface area contributed by atoms with E-state index in [1.165, 1.54) is 3.57 Å². The van der Waals surface area contributed by atoms with Gasteiger partial charge in [-0.3, -0.25) is 9.48 Å². The van der Waals surface area contributed by atoms with Crippen molar-refractivity contribution in [3.63, 3.8) is 0 Å². The number of fused-ring (bicyclic) bond motifs is 1. The molecule has 1 unspecified atom stereocenters. The summed E-state index contributed by atoms with van der Waals surface area (Å²) in [6.07, 6.45) is 6.23. The number of benzene rings is 1. The monoisotopic (exact) mass is 504 g/mol. The van der Waals surface area contributed by atoms with Crippen molar-refractivity contribution in [2.75, 3.05) is 5.32 Å². The summed E-state index contributed by atoms with van der Waals surface area (Å²) >= 11 is 2.30. The summed E-state index contributed by atoms with van der Waals surface area (Å²) in [5, 5.41) is 11.4. The van der Waals surface area contributed by atoms with Gasteiger partial charge < -0.3 is 9.84 Å². The van der Waals surface area contributed by atoms with Crippen LogP contribution >= 0.6 is 22.6 Å². The molecule has 1 aromatic carbocycles. The van der Waals surface area contributed by atoms with Crippen molar-refractivity contribution in [3.8, 4) is 0 Å². The summed E-state index contributed by atoms with van der Waals surface area (Å²) in [4.78, 5) is 12.8. The van der Waals surface area contributed by atoms with Crippen LogP contribution in [0.1, 0.15) is 54.6 Å². The molecule has 29 heavy (non-hydrogen) atoms. The number of hydrogen-bond acceptors (Lipinski definition) is 4. The van der Waals surface area contributed by atoms with Gasteiger partial charge in [0, 0.05) is 21.8 Å². The van der Waals surface area contributed by atoms with Crippen molar-refractivity contribution >= 4 is 34.2 Å². The summed E-state index contributed by atoms with van der Waals surface area (Å²) in [7, 11) is 0. The van der Waals surface area contributed by atoms with Crippen LogP contribution in [0.15, 0.2) is 41.2 Å². The number of hydrogen-bond donors (Lipinski definition) is 1. The first-order valence-electron chi connectivity index (χ1n) is 9.85. The Hall–Kier alpha value is -2.16. The second-order valence-electron chi connectivity index (χ2n) is 8.75. The van der Waals surface area contributed by atoms with Gasteiger partial charge in [0.25, 0.3) is 5.91 Å². The standard InChI is InChI=1S/C22H25IN4O2/c1-22(2,3)15-7-8-19-18(10-15)20(26-29-19)21(28)25-17-11-24-27(13-17)12-14-5-4-6-16(23)9-14/h4-6,9,11,13,15H,7-8,10,12H2,1-3H3,(H,25,28). The first-order valence-corrected chi connectivity index (χ1v) is 10.9. The lowest BCUT2D eigenvalue weighted by Gasteiger charge is -2.33. The number of aryl methyl sites for hydroxylation is 1. The number of nitrogens with one attached hydrogen (secondary N) is 1. The molecule has 1 N–H and O–H groups in total. The number of amides is 1. The van der Waals surface area contributed by atoms with Crippen LogP contribution < -0.4 is 5.32 Å². The number of rotatable bonds is 4. The smallest absolute Gasteiger partial charge is 0.278 e. The van der Waals surface area contributed by atoms with E-state index in [4.69, 9.17) is 4.52 Å². The molecule has 0 radical (unpaired) electrons. The van der Waals surface area contributed by atoms with E-state index >= 15 is 0 Å². The lowest BCUT2D eigenvalue weighted by molar-refractivity contribution is 0.101. The zero-order valence-electron chi connectivity index (χ0n) is 16.9. The van der Waals surface area contributed by atoms with Crippen molar-refractivity contribution in [3.05, 3.63) is 62.8 Å².